The molecule has 1 saturated carbocycles. The SMILES string of the molecule is CN1C(=O)c2ccc(N=C(N)C3CCCCC3)cc2C1=O. The Morgan fingerprint density at radius 3 is 2.52 bits per heavy atom. The minimum Gasteiger partial charge on any atom is -0.387 e. The van der Waals surface area contributed by atoms with Gasteiger partial charge in [-0.1, -0.05) is 19.3 Å². The molecule has 0 atom stereocenters. The first-order chi connectivity index (χ1) is 10.1. The van der Waals surface area contributed by atoms with Crippen molar-refractivity contribution in [3.8, 4) is 0 Å². The Bertz CT molecular complexity index is 630. The standard InChI is InChI=1S/C16H19N3O2/c1-19-15(20)12-8-7-11(9-13(12)16(19)21)18-14(17)10-5-3-2-4-6-10/h7-10H,2-6H2,1H3,(H2,17,18). The summed E-state index contributed by atoms with van der Waals surface area (Å²) in [5.41, 5.74) is 7.61. The van der Waals surface area contributed by atoms with Crippen LogP contribution in [0.25, 0.3) is 0 Å². The largest absolute Gasteiger partial charge is 0.387 e. The minimum absolute atomic E-state index is 0.259. The Morgan fingerprint density at radius 2 is 1.81 bits per heavy atom. The Labute approximate surface area is 123 Å². The molecule has 0 radical (unpaired) electrons. The van der Waals surface area contributed by atoms with E-state index in [0.29, 0.717) is 28.6 Å². The molecule has 21 heavy (non-hydrogen) atoms. The van der Waals surface area contributed by atoms with Gasteiger partial charge < -0.3 is 5.73 Å². The van der Waals surface area contributed by atoms with Crippen molar-refractivity contribution in [3.05, 3.63) is 29.3 Å². The van der Waals surface area contributed by atoms with Gasteiger partial charge in [0.05, 0.1) is 16.8 Å². The number of aliphatic imine (C=N–C) groups is 1. The van der Waals surface area contributed by atoms with Gasteiger partial charge in [-0.3, -0.25) is 14.5 Å². The Morgan fingerprint density at radius 1 is 1.14 bits per heavy atom. The van der Waals surface area contributed by atoms with Gasteiger partial charge in [0, 0.05) is 13.0 Å². The van der Waals surface area contributed by atoms with Gasteiger partial charge in [0.25, 0.3) is 11.8 Å². The Balaban J connectivity index is 1.88. The average molecular weight is 285 g/mol. The summed E-state index contributed by atoms with van der Waals surface area (Å²) in [6.07, 6.45) is 5.83. The van der Waals surface area contributed by atoms with E-state index in [1.54, 1.807) is 18.2 Å². The summed E-state index contributed by atoms with van der Waals surface area (Å²) in [6.45, 7) is 0. The van der Waals surface area contributed by atoms with Gasteiger partial charge in [-0.05, 0) is 31.0 Å². The quantitative estimate of drug-likeness (QED) is 0.515. The van der Waals surface area contributed by atoms with Gasteiger partial charge >= 0.3 is 0 Å². The van der Waals surface area contributed by atoms with Crippen LogP contribution in [0.15, 0.2) is 23.2 Å². The van der Waals surface area contributed by atoms with Crippen LogP contribution in [-0.2, 0) is 0 Å². The lowest BCUT2D eigenvalue weighted by Crippen LogP contribution is -2.25. The molecule has 2 amide bonds. The average Bonchev–Trinajstić information content (AvgIpc) is 2.73. The number of amides is 2. The molecule has 0 aromatic heterocycles. The van der Waals surface area contributed by atoms with Crippen LogP contribution in [-0.4, -0.2) is 29.6 Å². The lowest BCUT2D eigenvalue weighted by Gasteiger charge is -2.20. The van der Waals surface area contributed by atoms with E-state index < -0.39 is 0 Å². The van der Waals surface area contributed by atoms with E-state index in [1.165, 1.54) is 26.3 Å². The summed E-state index contributed by atoms with van der Waals surface area (Å²) < 4.78 is 0. The molecule has 2 N–H and O–H groups in total. The molecule has 5 nitrogen and oxygen atoms in total. The highest BCUT2D eigenvalue weighted by Gasteiger charge is 2.32. The van der Waals surface area contributed by atoms with Crippen LogP contribution in [0.2, 0.25) is 0 Å². The summed E-state index contributed by atoms with van der Waals surface area (Å²) in [7, 11) is 1.49. The zero-order chi connectivity index (χ0) is 15.0. The third kappa shape index (κ3) is 2.44. The number of nitrogens with two attached hydrogens (primary N) is 1. The summed E-state index contributed by atoms with van der Waals surface area (Å²) in [5, 5.41) is 0. The summed E-state index contributed by atoms with van der Waals surface area (Å²) in [5.74, 6) is 0.445. The van der Waals surface area contributed by atoms with Crippen molar-refractivity contribution in [1.82, 2.24) is 4.90 Å². The number of imide groups is 1. The molecule has 1 fully saturated rings. The van der Waals surface area contributed by atoms with Crippen molar-refractivity contribution in [1.29, 1.82) is 0 Å². The van der Waals surface area contributed by atoms with Crippen molar-refractivity contribution in [2.75, 3.05) is 7.05 Å². The first kappa shape index (κ1) is 13.8. The van der Waals surface area contributed by atoms with Gasteiger partial charge in [0.15, 0.2) is 0 Å². The van der Waals surface area contributed by atoms with Crippen molar-refractivity contribution in [2.45, 2.75) is 32.1 Å². The number of hydrogen-bond acceptors (Lipinski definition) is 3. The number of fused-ring (bicyclic) bond motifs is 1. The lowest BCUT2D eigenvalue weighted by molar-refractivity contribution is 0.0693. The predicted octanol–water partition coefficient (Wildman–Crippen LogP) is 2.48. The lowest BCUT2D eigenvalue weighted by atomic mass is 9.88. The topological polar surface area (TPSA) is 75.8 Å². The first-order valence-electron chi connectivity index (χ1n) is 7.38. The second-order valence-corrected chi connectivity index (χ2v) is 5.77. The van der Waals surface area contributed by atoms with E-state index in [0.717, 1.165) is 17.7 Å². The van der Waals surface area contributed by atoms with Crippen LogP contribution < -0.4 is 5.73 Å². The maximum atomic E-state index is 12.0. The normalized spacial score (nSPS) is 20.0. The minimum atomic E-state index is -0.275. The van der Waals surface area contributed by atoms with E-state index in [4.69, 9.17) is 5.73 Å². The van der Waals surface area contributed by atoms with Crippen LogP contribution in [0.1, 0.15) is 52.8 Å². The van der Waals surface area contributed by atoms with Crippen LogP contribution in [0, 0.1) is 5.92 Å². The highest BCUT2D eigenvalue weighted by Crippen LogP contribution is 2.28. The fourth-order valence-electron chi connectivity index (χ4n) is 3.06. The van der Waals surface area contributed by atoms with Gasteiger partial charge in [0.2, 0.25) is 0 Å². The van der Waals surface area contributed by atoms with Crippen LogP contribution in [0.3, 0.4) is 0 Å². The molecule has 1 aromatic carbocycles. The number of amidine groups is 1. The highest BCUT2D eigenvalue weighted by atomic mass is 16.2. The molecule has 1 heterocycles. The van der Waals surface area contributed by atoms with Crippen molar-refractivity contribution in [2.24, 2.45) is 16.6 Å². The van der Waals surface area contributed by atoms with Crippen molar-refractivity contribution >= 4 is 23.3 Å². The van der Waals surface area contributed by atoms with Gasteiger partial charge in [-0.25, -0.2) is 4.99 Å². The molecule has 1 aliphatic carbocycles. The number of carbonyl (C=O) groups excluding carboxylic acids is 2. The molecule has 0 unspecified atom stereocenters. The third-order valence-corrected chi connectivity index (χ3v) is 4.35. The molecule has 110 valence electrons. The van der Waals surface area contributed by atoms with Crippen molar-refractivity contribution < 1.29 is 9.59 Å². The highest BCUT2D eigenvalue weighted by molar-refractivity contribution is 6.21. The molecule has 0 saturated heterocycles. The maximum absolute atomic E-state index is 12.0. The van der Waals surface area contributed by atoms with Gasteiger partial charge in [0.1, 0.15) is 5.84 Å². The Kier molecular flexibility index (Phi) is 3.49. The van der Waals surface area contributed by atoms with E-state index >= 15 is 0 Å². The zero-order valence-corrected chi connectivity index (χ0v) is 12.1. The predicted molar refractivity (Wildman–Crippen MR) is 80.7 cm³/mol. The second-order valence-electron chi connectivity index (χ2n) is 5.77. The molecule has 1 aliphatic heterocycles. The van der Waals surface area contributed by atoms with Crippen LogP contribution in [0.4, 0.5) is 5.69 Å². The number of hydrogen-bond donors (Lipinski definition) is 1. The maximum Gasteiger partial charge on any atom is 0.261 e. The second kappa shape index (κ2) is 5.31. The number of benzene rings is 1. The third-order valence-electron chi connectivity index (χ3n) is 4.35. The molecule has 1 aromatic rings. The van der Waals surface area contributed by atoms with Gasteiger partial charge in [-0.15, -0.1) is 0 Å². The van der Waals surface area contributed by atoms with E-state index in [2.05, 4.69) is 4.99 Å². The fraction of sp³-hybridized carbons (Fsp3) is 0.438. The number of carbonyl (C=O) groups is 2. The molecule has 2 aliphatic rings. The van der Waals surface area contributed by atoms with E-state index in [9.17, 15) is 9.59 Å². The number of rotatable bonds is 2. The fourth-order valence-corrected chi connectivity index (χ4v) is 3.06. The summed E-state index contributed by atoms with van der Waals surface area (Å²) in [4.78, 5) is 29.4. The van der Waals surface area contributed by atoms with Crippen LogP contribution in [0.5, 0.6) is 0 Å². The molecule has 0 bridgehead atoms. The number of nitrogens with zero attached hydrogens (tertiary/aromatic N) is 2. The molecular weight excluding hydrogens is 266 g/mol. The molecule has 5 heteroatoms. The monoisotopic (exact) mass is 285 g/mol. The first-order valence-corrected chi connectivity index (χ1v) is 7.38. The summed E-state index contributed by atoms with van der Waals surface area (Å²) in [6, 6.07) is 5.07. The molecule has 0 spiro atoms. The summed E-state index contributed by atoms with van der Waals surface area (Å²) >= 11 is 0. The smallest absolute Gasteiger partial charge is 0.261 e. The van der Waals surface area contributed by atoms with E-state index in [1.807, 2.05) is 0 Å². The Hall–Kier alpha value is -2.17. The van der Waals surface area contributed by atoms with Crippen molar-refractivity contribution in [3.63, 3.8) is 0 Å². The molecular formula is C16H19N3O2. The van der Waals surface area contributed by atoms with Crippen LogP contribution >= 0.6 is 0 Å². The zero-order valence-electron chi connectivity index (χ0n) is 12.1. The van der Waals surface area contributed by atoms with E-state index in [-0.39, 0.29) is 11.8 Å². The van der Waals surface area contributed by atoms with Gasteiger partial charge in [-0.2, -0.15) is 0 Å². The molecule has 3 rings (SSSR count).